The van der Waals surface area contributed by atoms with Gasteiger partial charge < -0.3 is 10.4 Å². The Morgan fingerprint density at radius 3 is 2.79 bits per heavy atom. The lowest BCUT2D eigenvalue weighted by Gasteiger charge is -2.12. The smallest absolute Gasteiger partial charge is 0.275 e. The number of benzene rings is 1. The molecule has 5 heteroatoms. The summed E-state index contributed by atoms with van der Waals surface area (Å²) < 4.78 is 1.33. The molecule has 5 nitrogen and oxygen atoms in total. The van der Waals surface area contributed by atoms with Gasteiger partial charge in [0.15, 0.2) is 0 Å². The molecule has 100 valence electrons. The van der Waals surface area contributed by atoms with Gasteiger partial charge in [0.1, 0.15) is 11.4 Å². The third-order valence-electron chi connectivity index (χ3n) is 3.13. The Bertz CT molecular complexity index is 662. The summed E-state index contributed by atoms with van der Waals surface area (Å²) in [7, 11) is 1.76. The largest absolute Gasteiger partial charge is 0.506 e. The highest BCUT2D eigenvalue weighted by Gasteiger charge is 2.11. The van der Waals surface area contributed by atoms with Gasteiger partial charge in [-0.05, 0) is 38.1 Å². The van der Waals surface area contributed by atoms with Crippen molar-refractivity contribution in [3.63, 3.8) is 0 Å². The Kier molecular flexibility index (Phi) is 3.66. The average Bonchev–Trinajstić information content (AvgIpc) is 2.37. The molecule has 1 aromatic carbocycles. The second-order valence-electron chi connectivity index (χ2n) is 4.48. The van der Waals surface area contributed by atoms with Crippen molar-refractivity contribution in [1.29, 1.82) is 0 Å². The minimum atomic E-state index is -0.342. The van der Waals surface area contributed by atoms with E-state index in [2.05, 4.69) is 10.4 Å². The number of hydrogen-bond acceptors (Lipinski definition) is 4. The number of aromatic nitrogens is 2. The van der Waals surface area contributed by atoms with Crippen molar-refractivity contribution >= 4 is 0 Å². The maximum absolute atomic E-state index is 12.0. The van der Waals surface area contributed by atoms with Gasteiger partial charge in [-0.2, -0.15) is 9.78 Å². The van der Waals surface area contributed by atoms with Crippen LogP contribution in [0.15, 0.2) is 29.1 Å². The van der Waals surface area contributed by atoms with Gasteiger partial charge in [0.25, 0.3) is 5.56 Å². The van der Waals surface area contributed by atoms with Crippen LogP contribution < -0.4 is 10.9 Å². The molecule has 19 heavy (non-hydrogen) atoms. The topological polar surface area (TPSA) is 67.2 Å². The summed E-state index contributed by atoms with van der Waals surface area (Å²) in [5.41, 5.74) is 2.93. The molecule has 0 aliphatic rings. The fraction of sp³-hybridized carbons (Fsp3) is 0.286. The van der Waals surface area contributed by atoms with Crippen LogP contribution in [0.1, 0.15) is 16.8 Å². The first-order valence-corrected chi connectivity index (χ1v) is 6.08. The van der Waals surface area contributed by atoms with Gasteiger partial charge in [0.05, 0.1) is 5.69 Å². The molecule has 2 rings (SSSR count). The molecule has 0 aliphatic carbocycles. The molecule has 0 saturated heterocycles. The molecule has 2 N–H and O–H groups in total. The van der Waals surface area contributed by atoms with Gasteiger partial charge >= 0.3 is 0 Å². The Balaban J connectivity index is 2.65. The first-order valence-electron chi connectivity index (χ1n) is 6.08. The van der Waals surface area contributed by atoms with Crippen LogP contribution >= 0.6 is 0 Å². The van der Waals surface area contributed by atoms with Crippen molar-refractivity contribution in [3.05, 3.63) is 51.4 Å². The third-order valence-corrected chi connectivity index (χ3v) is 3.13. The second-order valence-corrected chi connectivity index (χ2v) is 4.48. The highest BCUT2D eigenvalue weighted by molar-refractivity contribution is 5.44. The second kappa shape index (κ2) is 5.24. The molecule has 0 radical (unpaired) electrons. The Hall–Kier alpha value is -2.14. The highest BCUT2D eigenvalue weighted by Crippen LogP contribution is 2.17. The van der Waals surface area contributed by atoms with Crippen molar-refractivity contribution in [2.75, 3.05) is 7.05 Å². The zero-order valence-electron chi connectivity index (χ0n) is 11.3. The molecule has 0 unspecified atom stereocenters. The maximum Gasteiger partial charge on any atom is 0.275 e. The first kappa shape index (κ1) is 13.3. The Morgan fingerprint density at radius 1 is 1.37 bits per heavy atom. The van der Waals surface area contributed by atoms with Crippen LogP contribution in [0.5, 0.6) is 5.75 Å². The Labute approximate surface area is 111 Å². The fourth-order valence-electron chi connectivity index (χ4n) is 1.91. The SMILES string of the molecule is CNCc1nn(-c2cccc(C)c2C)c(=O)cc1O. The lowest BCUT2D eigenvalue weighted by atomic mass is 10.1. The number of aryl methyl sites for hydroxylation is 1. The lowest BCUT2D eigenvalue weighted by Crippen LogP contribution is -2.24. The minimum Gasteiger partial charge on any atom is -0.506 e. The number of rotatable bonds is 3. The molecule has 0 saturated carbocycles. The summed E-state index contributed by atoms with van der Waals surface area (Å²) in [5, 5.41) is 16.8. The molecule has 0 atom stereocenters. The number of hydrogen-bond donors (Lipinski definition) is 2. The van der Waals surface area contributed by atoms with E-state index in [0.29, 0.717) is 12.2 Å². The number of nitrogens with zero attached hydrogens (tertiary/aromatic N) is 2. The zero-order valence-corrected chi connectivity index (χ0v) is 11.3. The quantitative estimate of drug-likeness (QED) is 0.871. The predicted molar refractivity (Wildman–Crippen MR) is 73.7 cm³/mol. The normalized spacial score (nSPS) is 10.7. The van der Waals surface area contributed by atoms with Crippen molar-refractivity contribution < 1.29 is 5.11 Å². The molecule has 0 aliphatic heterocycles. The van der Waals surface area contributed by atoms with Gasteiger partial charge in [0, 0.05) is 12.6 Å². The van der Waals surface area contributed by atoms with Crippen LogP contribution in [0.4, 0.5) is 0 Å². The standard InChI is InChI=1S/C14H17N3O2/c1-9-5-4-6-12(10(9)2)17-14(19)7-13(18)11(16-17)8-15-3/h4-7,15,18H,8H2,1-3H3. The van der Waals surface area contributed by atoms with Crippen molar-refractivity contribution in [2.45, 2.75) is 20.4 Å². The van der Waals surface area contributed by atoms with Crippen molar-refractivity contribution in [3.8, 4) is 11.4 Å². The van der Waals surface area contributed by atoms with Gasteiger partial charge in [-0.25, -0.2) is 0 Å². The number of aromatic hydroxyl groups is 1. The van der Waals surface area contributed by atoms with E-state index in [1.165, 1.54) is 10.7 Å². The van der Waals surface area contributed by atoms with Crippen LogP contribution in [0.3, 0.4) is 0 Å². The predicted octanol–water partition coefficient (Wildman–Crippen LogP) is 1.27. The first-order chi connectivity index (χ1) is 9.04. The Morgan fingerprint density at radius 2 is 2.11 bits per heavy atom. The van der Waals surface area contributed by atoms with E-state index >= 15 is 0 Å². The highest BCUT2D eigenvalue weighted by atomic mass is 16.3. The van der Waals surface area contributed by atoms with Crippen molar-refractivity contribution in [2.24, 2.45) is 0 Å². The molecule has 0 amide bonds. The van der Waals surface area contributed by atoms with E-state index in [1.54, 1.807) is 7.05 Å². The van der Waals surface area contributed by atoms with Gasteiger partial charge in [-0.15, -0.1) is 0 Å². The van der Waals surface area contributed by atoms with E-state index in [-0.39, 0.29) is 11.3 Å². The summed E-state index contributed by atoms with van der Waals surface area (Å²) in [4.78, 5) is 12.0. The monoisotopic (exact) mass is 259 g/mol. The van der Waals surface area contributed by atoms with E-state index in [0.717, 1.165) is 16.8 Å². The van der Waals surface area contributed by atoms with Crippen LogP contribution in [0.2, 0.25) is 0 Å². The van der Waals surface area contributed by atoms with Gasteiger partial charge in [0.2, 0.25) is 0 Å². The third kappa shape index (κ3) is 2.51. The summed E-state index contributed by atoms with van der Waals surface area (Å²) in [6, 6.07) is 6.91. The molecule has 0 fully saturated rings. The summed E-state index contributed by atoms with van der Waals surface area (Å²) in [6.07, 6.45) is 0. The molecule has 0 bridgehead atoms. The van der Waals surface area contributed by atoms with Crippen molar-refractivity contribution in [1.82, 2.24) is 15.1 Å². The molecule has 0 spiro atoms. The average molecular weight is 259 g/mol. The number of nitrogens with one attached hydrogen (secondary N) is 1. The van der Waals surface area contributed by atoms with E-state index < -0.39 is 0 Å². The van der Waals surface area contributed by atoms with E-state index in [9.17, 15) is 9.90 Å². The molecular formula is C14H17N3O2. The summed E-state index contributed by atoms with van der Waals surface area (Å²) >= 11 is 0. The van der Waals surface area contributed by atoms with Crippen LogP contribution in [-0.2, 0) is 6.54 Å². The zero-order chi connectivity index (χ0) is 14.0. The van der Waals surface area contributed by atoms with Crippen LogP contribution in [0, 0.1) is 13.8 Å². The molecular weight excluding hydrogens is 242 g/mol. The molecule has 2 aromatic rings. The van der Waals surface area contributed by atoms with Gasteiger partial charge in [-0.3, -0.25) is 4.79 Å². The van der Waals surface area contributed by atoms with E-state index in [4.69, 9.17) is 0 Å². The fourth-order valence-corrected chi connectivity index (χ4v) is 1.91. The van der Waals surface area contributed by atoms with Crippen LogP contribution in [0.25, 0.3) is 5.69 Å². The van der Waals surface area contributed by atoms with E-state index in [1.807, 2.05) is 32.0 Å². The summed E-state index contributed by atoms with van der Waals surface area (Å²) in [5.74, 6) is -0.0825. The minimum absolute atomic E-state index is 0.0825. The molecule has 1 heterocycles. The summed E-state index contributed by atoms with van der Waals surface area (Å²) in [6.45, 7) is 4.33. The lowest BCUT2D eigenvalue weighted by molar-refractivity contribution is 0.453. The van der Waals surface area contributed by atoms with Crippen LogP contribution in [-0.4, -0.2) is 21.9 Å². The van der Waals surface area contributed by atoms with Gasteiger partial charge in [-0.1, -0.05) is 12.1 Å². The maximum atomic E-state index is 12.0. The molecule has 1 aromatic heterocycles.